The summed E-state index contributed by atoms with van der Waals surface area (Å²) in [6.07, 6.45) is 12.3. The Hall–Kier alpha value is -3.45. The third-order valence-corrected chi connectivity index (χ3v) is 6.29. The molecule has 1 fully saturated rings. The van der Waals surface area contributed by atoms with E-state index >= 15 is 0 Å². The quantitative estimate of drug-likeness (QED) is 0.511. The number of halogens is 1. The summed E-state index contributed by atoms with van der Waals surface area (Å²) in [5.41, 5.74) is 7.02. The molecule has 4 rings (SSSR count). The second kappa shape index (κ2) is 11.1. The van der Waals surface area contributed by atoms with Gasteiger partial charge in [0.1, 0.15) is 0 Å². The molecule has 9 nitrogen and oxygen atoms in total. The molecule has 3 aromatic rings. The van der Waals surface area contributed by atoms with E-state index < -0.39 is 5.82 Å². The summed E-state index contributed by atoms with van der Waals surface area (Å²) >= 11 is 0. The van der Waals surface area contributed by atoms with Crippen LogP contribution >= 0.6 is 0 Å². The summed E-state index contributed by atoms with van der Waals surface area (Å²) in [7, 11) is 3.28. The van der Waals surface area contributed by atoms with Crippen LogP contribution in [0.2, 0.25) is 0 Å². The minimum atomic E-state index is -0.493. The number of hydrogen-bond donors (Lipinski definition) is 2. The number of anilines is 1. The lowest BCUT2D eigenvalue weighted by molar-refractivity contribution is -0.136. The normalized spacial score (nSPS) is 16.6. The van der Waals surface area contributed by atoms with Crippen molar-refractivity contribution in [1.82, 2.24) is 29.8 Å². The van der Waals surface area contributed by atoms with Crippen LogP contribution in [0.3, 0.4) is 0 Å². The van der Waals surface area contributed by atoms with Crippen molar-refractivity contribution in [3.8, 4) is 18.6 Å². The van der Waals surface area contributed by atoms with Gasteiger partial charge in [0.05, 0.1) is 18.5 Å². The fourth-order valence-electron chi connectivity index (χ4n) is 4.25. The molecule has 0 saturated carbocycles. The Kier molecular flexibility index (Phi) is 8.23. The number of ether oxygens (including phenoxy) is 1. The van der Waals surface area contributed by atoms with E-state index in [4.69, 9.17) is 10.5 Å². The van der Waals surface area contributed by atoms with Crippen LogP contribution in [-0.2, 0) is 11.2 Å². The van der Waals surface area contributed by atoms with Gasteiger partial charge in [0.2, 0.25) is 11.9 Å². The van der Waals surface area contributed by atoms with E-state index in [-0.39, 0.29) is 29.6 Å². The number of terminal acetylenes is 1. The van der Waals surface area contributed by atoms with E-state index in [1.807, 2.05) is 11.9 Å². The first-order valence-electron chi connectivity index (χ1n) is 11.4. The van der Waals surface area contributed by atoms with Crippen LogP contribution in [0.5, 0.6) is 5.75 Å². The topological polar surface area (TPSA) is 111 Å². The molecule has 0 unspecified atom stereocenters. The number of carbonyl (C=O) groups is 1. The molecular weight excluding hydrogens is 437 g/mol. The Bertz CT molecular complexity index is 1170. The molecule has 2 aromatic heterocycles. The van der Waals surface area contributed by atoms with Crippen molar-refractivity contribution in [2.45, 2.75) is 45.1 Å². The van der Waals surface area contributed by atoms with E-state index in [0.717, 1.165) is 38.8 Å². The average Bonchev–Trinajstić information content (AvgIpc) is 3.30. The van der Waals surface area contributed by atoms with Crippen LogP contribution in [0.25, 0.3) is 16.6 Å². The average molecular weight is 470 g/mol. The maximum Gasteiger partial charge on any atom is 0.226 e. The molecule has 3 heterocycles. The number of nitrogens with two attached hydrogens (primary N) is 1. The molecule has 1 aliphatic heterocycles. The number of piperidine rings is 1. The van der Waals surface area contributed by atoms with Gasteiger partial charge in [-0.25, -0.2) is 14.4 Å². The number of aryl methyl sites for hydroxylation is 1. The summed E-state index contributed by atoms with van der Waals surface area (Å²) < 4.78 is 20.7. The number of benzene rings is 1. The van der Waals surface area contributed by atoms with E-state index in [2.05, 4.69) is 40.2 Å². The zero-order valence-electron chi connectivity index (χ0n) is 19.9. The molecule has 0 bridgehead atoms. The number of methoxy groups -OCH3 is 1. The Balaban J connectivity index is 0.00000158. The molecule has 3 N–H and O–H groups in total. The molecule has 10 heteroatoms. The van der Waals surface area contributed by atoms with E-state index in [1.54, 1.807) is 0 Å². The van der Waals surface area contributed by atoms with Crippen molar-refractivity contribution >= 4 is 28.4 Å². The molecule has 1 amide bonds. The summed E-state index contributed by atoms with van der Waals surface area (Å²) in [4.78, 5) is 23.5. The van der Waals surface area contributed by atoms with Crippen LogP contribution < -0.4 is 15.8 Å². The van der Waals surface area contributed by atoms with Crippen LogP contribution in [0, 0.1) is 24.6 Å². The van der Waals surface area contributed by atoms with Gasteiger partial charge >= 0.3 is 0 Å². The molecule has 0 aliphatic carbocycles. The van der Waals surface area contributed by atoms with Gasteiger partial charge in [-0.15, -0.1) is 17.9 Å². The Morgan fingerprint density at radius 1 is 1.41 bits per heavy atom. The first kappa shape index (κ1) is 25.2. The van der Waals surface area contributed by atoms with Gasteiger partial charge in [-0.2, -0.15) is 4.52 Å². The van der Waals surface area contributed by atoms with Crippen molar-refractivity contribution in [3.05, 3.63) is 23.8 Å². The molecule has 182 valence electrons. The van der Waals surface area contributed by atoms with Gasteiger partial charge in [0.25, 0.3) is 0 Å². The monoisotopic (exact) mass is 469 g/mol. The molecule has 1 saturated heterocycles. The molecule has 1 aromatic carbocycles. The van der Waals surface area contributed by atoms with Crippen LogP contribution in [-0.4, -0.2) is 63.7 Å². The predicted molar refractivity (Wildman–Crippen MR) is 130 cm³/mol. The first-order valence-corrected chi connectivity index (χ1v) is 11.4. The third kappa shape index (κ3) is 5.20. The predicted octanol–water partition coefficient (Wildman–Crippen LogP) is 2.43. The lowest BCUT2D eigenvalue weighted by Crippen LogP contribution is -2.44. The van der Waals surface area contributed by atoms with E-state index in [0.29, 0.717) is 28.8 Å². The number of nitrogen functional groups attached to an aromatic ring is 1. The number of fused-ring (bicyclic) bond motifs is 3. The summed E-state index contributed by atoms with van der Waals surface area (Å²) in [5, 5.41) is 8.29. The molecule has 0 spiro atoms. The van der Waals surface area contributed by atoms with Gasteiger partial charge in [-0.05, 0) is 45.2 Å². The third-order valence-electron chi connectivity index (χ3n) is 6.29. The molecule has 0 radical (unpaired) electrons. The number of nitrogens with zero attached hydrogens (tertiary/aromatic N) is 5. The Morgan fingerprint density at radius 3 is 2.85 bits per heavy atom. The van der Waals surface area contributed by atoms with Crippen LogP contribution in [0.4, 0.5) is 10.3 Å². The van der Waals surface area contributed by atoms with Crippen molar-refractivity contribution in [3.63, 3.8) is 0 Å². The van der Waals surface area contributed by atoms with Crippen molar-refractivity contribution in [1.29, 1.82) is 0 Å². The highest BCUT2D eigenvalue weighted by atomic mass is 19.1. The van der Waals surface area contributed by atoms with Crippen molar-refractivity contribution in [2.75, 3.05) is 33.0 Å². The Morgan fingerprint density at radius 2 is 2.18 bits per heavy atom. The smallest absolute Gasteiger partial charge is 0.226 e. The highest BCUT2D eigenvalue weighted by Crippen LogP contribution is 2.27. The van der Waals surface area contributed by atoms with Gasteiger partial charge in [-0.1, -0.05) is 0 Å². The number of rotatable bonds is 7. The van der Waals surface area contributed by atoms with E-state index in [9.17, 15) is 9.18 Å². The SMILES string of the molecule is C#C.COc1cc2nc(N)n3nc(CCC[C@H](C)N(C)C(=O)[C@H]4CCCNC4)nc3c2cc1F. The zero-order chi connectivity index (χ0) is 24.8. The minimum absolute atomic E-state index is 0.0686. The molecule has 2 atom stereocenters. The maximum absolute atomic E-state index is 14.2. The lowest BCUT2D eigenvalue weighted by Gasteiger charge is -2.31. The number of nitrogens with one attached hydrogen (secondary N) is 1. The summed E-state index contributed by atoms with van der Waals surface area (Å²) in [6.45, 7) is 3.82. The van der Waals surface area contributed by atoms with Gasteiger partial charge < -0.3 is 20.7 Å². The highest BCUT2D eigenvalue weighted by Gasteiger charge is 2.26. The molecule has 1 aliphatic rings. The fraction of sp³-hybridized carbons (Fsp3) is 0.500. The largest absolute Gasteiger partial charge is 0.494 e. The van der Waals surface area contributed by atoms with Gasteiger partial charge in [0.15, 0.2) is 23.0 Å². The number of carbonyl (C=O) groups excluding carboxylic acids is 1. The number of aromatic nitrogens is 4. The highest BCUT2D eigenvalue weighted by molar-refractivity contribution is 5.93. The fourth-order valence-corrected chi connectivity index (χ4v) is 4.25. The Labute approximate surface area is 198 Å². The molecular formula is C24H32FN7O2. The van der Waals surface area contributed by atoms with Crippen molar-refractivity contribution in [2.24, 2.45) is 5.92 Å². The number of hydrogen-bond acceptors (Lipinski definition) is 7. The minimum Gasteiger partial charge on any atom is -0.494 e. The standard InChI is InChI=1S/C22H30FN7O2.C2H2/c1-13(29(2)21(31)14-7-5-9-25-12-14)6-4-8-19-27-20-15-10-16(23)18(32-3)11-17(15)26-22(24)30(20)28-19;1-2/h10-11,13-14,25H,4-9,12H2,1-3H3,(H2,24,26);1-2H/t13-,14-;/m0./s1. The van der Waals surface area contributed by atoms with Gasteiger partial charge in [0, 0.05) is 37.5 Å². The van der Waals surface area contributed by atoms with Crippen LogP contribution in [0.15, 0.2) is 12.1 Å². The van der Waals surface area contributed by atoms with Crippen LogP contribution in [0.1, 0.15) is 38.4 Å². The van der Waals surface area contributed by atoms with E-state index in [1.165, 1.54) is 23.8 Å². The van der Waals surface area contributed by atoms with Crippen molar-refractivity contribution < 1.29 is 13.9 Å². The second-order valence-electron chi connectivity index (χ2n) is 8.47. The first-order chi connectivity index (χ1) is 16.4. The maximum atomic E-state index is 14.2. The molecule has 34 heavy (non-hydrogen) atoms. The summed E-state index contributed by atoms with van der Waals surface area (Å²) in [6, 6.07) is 2.97. The number of amides is 1. The van der Waals surface area contributed by atoms with Gasteiger partial charge in [-0.3, -0.25) is 4.79 Å². The zero-order valence-corrected chi connectivity index (χ0v) is 19.9. The second-order valence-corrected chi connectivity index (χ2v) is 8.47. The summed E-state index contributed by atoms with van der Waals surface area (Å²) in [5.74, 6) is 0.676. The lowest BCUT2D eigenvalue weighted by atomic mass is 9.97.